The number of rotatable bonds is 7. The molecular weight excluding hydrogens is 480 g/mol. The van der Waals surface area contributed by atoms with Crippen molar-refractivity contribution in [2.24, 2.45) is 27.5 Å². The van der Waals surface area contributed by atoms with Gasteiger partial charge in [0.25, 0.3) is 11.8 Å². The molecule has 2 atom stereocenters. The standard InChI is InChI=1S/C30H36N4O4/c1-9-38-25(35)16-30(8,26-21(6)31-33(28(26)36)23-12-10-17(2)19(4)14-23)27-22(7)32-34(29(27)37)24-13-11-18(3)20(5)15-24/h10-15,26-27H,9,16H2,1-8H3. The molecule has 2 unspecified atom stereocenters. The third-order valence-corrected chi connectivity index (χ3v) is 7.88. The lowest BCUT2D eigenvalue weighted by Crippen LogP contribution is -2.50. The third-order valence-electron chi connectivity index (χ3n) is 7.88. The zero-order valence-corrected chi connectivity index (χ0v) is 23.5. The van der Waals surface area contributed by atoms with E-state index in [0.717, 1.165) is 22.3 Å². The summed E-state index contributed by atoms with van der Waals surface area (Å²) in [7, 11) is 0. The fourth-order valence-electron chi connectivity index (χ4n) is 5.63. The molecule has 0 N–H and O–H groups in total. The number of esters is 1. The molecule has 200 valence electrons. The average Bonchev–Trinajstić information content (AvgIpc) is 3.32. The molecule has 8 heteroatoms. The molecule has 8 nitrogen and oxygen atoms in total. The van der Waals surface area contributed by atoms with E-state index in [1.54, 1.807) is 27.7 Å². The molecule has 0 radical (unpaired) electrons. The molecule has 0 saturated carbocycles. The van der Waals surface area contributed by atoms with Crippen molar-refractivity contribution in [3.8, 4) is 0 Å². The fraction of sp³-hybridized carbons (Fsp3) is 0.433. The number of hydrogen-bond donors (Lipinski definition) is 0. The zero-order chi connectivity index (χ0) is 27.9. The van der Waals surface area contributed by atoms with Gasteiger partial charge in [0.05, 0.1) is 36.2 Å². The molecule has 0 fully saturated rings. The lowest BCUT2D eigenvalue weighted by molar-refractivity contribution is -0.147. The van der Waals surface area contributed by atoms with Crippen LogP contribution in [-0.4, -0.2) is 35.8 Å². The maximum atomic E-state index is 14.0. The quantitative estimate of drug-likeness (QED) is 0.470. The highest BCUT2D eigenvalue weighted by molar-refractivity contribution is 6.20. The normalized spacial score (nSPS) is 20.9. The first-order valence-corrected chi connectivity index (χ1v) is 13.0. The molecule has 0 bridgehead atoms. The number of anilines is 2. The van der Waals surface area contributed by atoms with Gasteiger partial charge in [0.2, 0.25) is 0 Å². The Morgan fingerprint density at radius 3 is 1.58 bits per heavy atom. The van der Waals surface area contributed by atoms with E-state index in [1.165, 1.54) is 10.0 Å². The molecule has 0 aliphatic carbocycles. The molecule has 0 aromatic heterocycles. The van der Waals surface area contributed by atoms with Gasteiger partial charge in [-0.2, -0.15) is 10.2 Å². The average molecular weight is 517 g/mol. The Morgan fingerprint density at radius 1 is 0.789 bits per heavy atom. The minimum absolute atomic E-state index is 0.130. The summed E-state index contributed by atoms with van der Waals surface area (Å²) >= 11 is 0. The Bertz CT molecular complexity index is 1280. The minimum Gasteiger partial charge on any atom is -0.466 e. The number of benzene rings is 2. The Balaban J connectivity index is 1.76. The van der Waals surface area contributed by atoms with Crippen LogP contribution in [0.15, 0.2) is 46.6 Å². The van der Waals surface area contributed by atoms with E-state index in [4.69, 9.17) is 4.74 Å². The smallest absolute Gasteiger partial charge is 0.306 e. The Hall–Kier alpha value is -3.81. The van der Waals surface area contributed by atoms with Gasteiger partial charge < -0.3 is 4.74 Å². The Morgan fingerprint density at radius 2 is 1.21 bits per heavy atom. The highest BCUT2D eigenvalue weighted by Gasteiger charge is 2.57. The van der Waals surface area contributed by atoms with E-state index in [1.807, 2.05) is 64.1 Å². The van der Waals surface area contributed by atoms with Crippen molar-refractivity contribution in [1.82, 2.24) is 0 Å². The van der Waals surface area contributed by atoms with Crippen molar-refractivity contribution in [3.63, 3.8) is 0 Å². The van der Waals surface area contributed by atoms with Crippen LogP contribution in [0.5, 0.6) is 0 Å². The first kappa shape index (κ1) is 27.2. The molecule has 4 rings (SSSR count). The molecule has 2 aliphatic rings. The number of aryl methyl sites for hydroxylation is 4. The molecule has 0 saturated heterocycles. The van der Waals surface area contributed by atoms with Gasteiger partial charge in [-0.25, -0.2) is 10.0 Å². The van der Waals surface area contributed by atoms with E-state index >= 15 is 0 Å². The van der Waals surface area contributed by atoms with Crippen LogP contribution in [-0.2, 0) is 19.1 Å². The third kappa shape index (κ3) is 4.64. The summed E-state index contributed by atoms with van der Waals surface area (Å²) < 4.78 is 5.31. The van der Waals surface area contributed by atoms with Crippen LogP contribution in [0.25, 0.3) is 0 Å². The van der Waals surface area contributed by atoms with Crippen molar-refractivity contribution in [3.05, 3.63) is 58.7 Å². The zero-order valence-electron chi connectivity index (χ0n) is 23.5. The van der Waals surface area contributed by atoms with Crippen molar-refractivity contribution in [2.45, 2.75) is 61.8 Å². The van der Waals surface area contributed by atoms with Crippen molar-refractivity contribution < 1.29 is 19.1 Å². The van der Waals surface area contributed by atoms with Gasteiger partial charge >= 0.3 is 5.97 Å². The molecule has 2 aliphatic heterocycles. The second-order valence-electron chi connectivity index (χ2n) is 10.7. The van der Waals surface area contributed by atoms with Crippen LogP contribution in [0.3, 0.4) is 0 Å². The van der Waals surface area contributed by atoms with Gasteiger partial charge in [-0.15, -0.1) is 0 Å². The molecule has 38 heavy (non-hydrogen) atoms. The maximum Gasteiger partial charge on any atom is 0.306 e. The predicted octanol–water partition coefficient (Wildman–Crippen LogP) is 5.26. The van der Waals surface area contributed by atoms with Crippen LogP contribution < -0.4 is 10.0 Å². The summed E-state index contributed by atoms with van der Waals surface area (Å²) in [6, 6.07) is 11.5. The van der Waals surface area contributed by atoms with Crippen molar-refractivity contribution >= 4 is 40.6 Å². The van der Waals surface area contributed by atoms with Crippen LogP contribution in [0.1, 0.15) is 56.4 Å². The monoisotopic (exact) mass is 516 g/mol. The molecule has 0 spiro atoms. The topological polar surface area (TPSA) is 91.6 Å². The van der Waals surface area contributed by atoms with Crippen LogP contribution in [0, 0.1) is 44.9 Å². The predicted molar refractivity (Wildman–Crippen MR) is 149 cm³/mol. The molecule has 2 aromatic carbocycles. The number of amides is 2. The van der Waals surface area contributed by atoms with Gasteiger partial charge in [-0.1, -0.05) is 19.1 Å². The number of ether oxygens (including phenoxy) is 1. The van der Waals surface area contributed by atoms with Gasteiger partial charge in [-0.3, -0.25) is 14.4 Å². The second kappa shape index (κ2) is 10.2. The summed E-state index contributed by atoms with van der Waals surface area (Å²) in [5, 5.41) is 12.0. The first-order chi connectivity index (χ1) is 17.9. The summed E-state index contributed by atoms with van der Waals surface area (Å²) in [4.78, 5) is 40.9. The van der Waals surface area contributed by atoms with E-state index in [0.29, 0.717) is 22.8 Å². The Kier molecular flexibility index (Phi) is 7.28. The minimum atomic E-state index is -1.15. The van der Waals surface area contributed by atoms with Gasteiger partial charge in [0.15, 0.2) is 0 Å². The number of hydrogen-bond acceptors (Lipinski definition) is 6. The van der Waals surface area contributed by atoms with Gasteiger partial charge in [-0.05, 0) is 95.0 Å². The lowest BCUT2D eigenvalue weighted by atomic mass is 9.62. The molecular formula is C30H36N4O4. The highest BCUT2D eigenvalue weighted by atomic mass is 16.5. The molecule has 2 aromatic rings. The first-order valence-electron chi connectivity index (χ1n) is 13.0. The lowest BCUT2D eigenvalue weighted by Gasteiger charge is -2.38. The number of carbonyl (C=O) groups is 3. The largest absolute Gasteiger partial charge is 0.466 e. The van der Waals surface area contributed by atoms with E-state index < -0.39 is 23.2 Å². The number of nitrogens with zero attached hydrogens (tertiary/aromatic N) is 4. The second-order valence-corrected chi connectivity index (χ2v) is 10.7. The summed E-state index contributed by atoms with van der Waals surface area (Å²) in [5.74, 6) is -2.64. The van der Waals surface area contributed by atoms with Crippen molar-refractivity contribution in [1.29, 1.82) is 0 Å². The summed E-state index contributed by atoms with van der Waals surface area (Å²) in [6.07, 6.45) is -0.130. The maximum absolute atomic E-state index is 14.0. The van der Waals surface area contributed by atoms with E-state index in [-0.39, 0.29) is 24.8 Å². The summed E-state index contributed by atoms with van der Waals surface area (Å²) in [6.45, 7) is 15.3. The van der Waals surface area contributed by atoms with Crippen LogP contribution in [0.4, 0.5) is 11.4 Å². The molecule has 2 amide bonds. The number of hydrazone groups is 2. The van der Waals surface area contributed by atoms with E-state index in [2.05, 4.69) is 10.2 Å². The van der Waals surface area contributed by atoms with Crippen molar-refractivity contribution in [2.75, 3.05) is 16.6 Å². The van der Waals surface area contributed by atoms with Crippen LogP contribution >= 0.6 is 0 Å². The molecule has 2 heterocycles. The van der Waals surface area contributed by atoms with E-state index in [9.17, 15) is 14.4 Å². The van der Waals surface area contributed by atoms with Crippen LogP contribution in [0.2, 0.25) is 0 Å². The summed E-state index contributed by atoms with van der Waals surface area (Å²) in [5.41, 5.74) is 5.55. The highest BCUT2D eigenvalue weighted by Crippen LogP contribution is 2.48. The number of carbonyl (C=O) groups excluding carboxylic acids is 3. The van der Waals surface area contributed by atoms with Gasteiger partial charge in [0, 0.05) is 16.8 Å². The SMILES string of the molecule is CCOC(=O)CC(C)(C1C(=O)N(c2ccc(C)c(C)c2)N=C1C)C1C(=O)N(c2ccc(C)c(C)c2)N=C1C. The Labute approximate surface area is 224 Å². The van der Waals surface area contributed by atoms with Gasteiger partial charge in [0.1, 0.15) is 0 Å². The fourth-order valence-corrected chi connectivity index (χ4v) is 5.63.